The minimum atomic E-state index is -1.42. The van der Waals surface area contributed by atoms with Crippen molar-refractivity contribution in [2.75, 3.05) is 40.1 Å². The number of ether oxygens (including phenoxy) is 5. The number of hydrogen-bond acceptors (Lipinski definition) is 10. The number of aliphatic hydroxyl groups excluding tert-OH is 2. The number of likely N-dealkylation sites (N-methyl/N-ethyl adjacent to an activating group) is 1. The van der Waals surface area contributed by atoms with E-state index in [2.05, 4.69) is 43.0 Å². The summed E-state index contributed by atoms with van der Waals surface area (Å²) in [5.74, 6) is -0.0140. The van der Waals surface area contributed by atoms with Crippen LogP contribution < -0.4 is 9.47 Å². The minimum Gasteiger partial charge on any atom is -0.459 e. The number of carbonyl (C=O) groups excluding carboxylic acids is 1. The number of unbranched alkanes of at least 4 members (excludes halogenated alkanes) is 2. The summed E-state index contributed by atoms with van der Waals surface area (Å²) in [5.41, 5.74) is 6.83. The molecular weight excluding hydrogens is 857 g/mol. The number of aliphatic hydroxyl groups is 2. The summed E-state index contributed by atoms with van der Waals surface area (Å²) in [7, 11) is 1.72. The van der Waals surface area contributed by atoms with Gasteiger partial charge in [-0.3, -0.25) is 0 Å². The fourth-order valence-corrected chi connectivity index (χ4v) is 10.2. The van der Waals surface area contributed by atoms with Gasteiger partial charge in [0.15, 0.2) is 0 Å². The quantitative estimate of drug-likeness (QED) is 0.0374. The van der Waals surface area contributed by atoms with E-state index >= 15 is 0 Å². The number of fused-ring (bicyclic) bond motifs is 2. The molecule has 5 aromatic carbocycles. The highest BCUT2D eigenvalue weighted by Gasteiger charge is 2.65. The molecule has 11 nitrogen and oxygen atoms in total. The van der Waals surface area contributed by atoms with Crippen molar-refractivity contribution < 1.29 is 43.5 Å². The van der Waals surface area contributed by atoms with Gasteiger partial charge in [0.2, 0.25) is 5.79 Å². The first-order chi connectivity index (χ1) is 33.4. The number of benzene rings is 5. The average Bonchev–Trinajstić information content (AvgIpc) is 3.37. The van der Waals surface area contributed by atoms with Crippen molar-refractivity contribution in [2.45, 2.75) is 75.9 Å². The summed E-state index contributed by atoms with van der Waals surface area (Å²) in [6.45, 7) is 5.30. The molecule has 1 heterocycles. The first kappa shape index (κ1) is 48.2. The summed E-state index contributed by atoms with van der Waals surface area (Å²) in [5, 5.41) is 24.9. The molecule has 0 radical (unpaired) electrons. The van der Waals surface area contributed by atoms with E-state index in [4.69, 9.17) is 33.7 Å². The van der Waals surface area contributed by atoms with Crippen molar-refractivity contribution in [3.63, 3.8) is 0 Å². The highest BCUT2D eigenvalue weighted by molar-refractivity contribution is 6.03. The minimum absolute atomic E-state index is 0.0471. The molecule has 0 saturated heterocycles. The summed E-state index contributed by atoms with van der Waals surface area (Å²) in [6.07, 6.45) is 8.32. The molecule has 0 spiro atoms. The zero-order valence-corrected chi connectivity index (χ0v) is 39.0. The van der Waals surface area contributed by atoms with E-state index in [0.29, 0.717) is 42.4 Å². The van der Waals surface area contributed by atoms with Gasteiger partial charge in [0, 0.05) is 38.2 Å². The molecule has 11 heteroatoms. The van der Waals surface area contributed by atoms with Crippen LogP contribution in [-0.4, -0.2) is 78.8 Å². The number of oxime groups is 1. The topological polar surface area (TPSA) is 129 Å². The number of nitrogens with zero attached hydrogens (tertiary/aromatic N) is 2. The van der Waals surface area contributed by atoms with E-state index in [1.54, 1.807) is 18.0 Å². The van der Waals surface area contributed by atoms with Crippen LogP contribution in [0.25, 0.3) is 11.1 Å². The summed E-state index contributed by atoms with van der Waals surface area (Å²) < 4.78 is 32.8. The van der Waals surface area contributed by atoms with Gasteiger partial charge in [0.25, 0.3) is 0 Å². The molecular formula is C57H64N2O9. The lowest BCUT2D eigenvalue weighted by atomic mass is 9.55. The third-order valence-electron chi connectivity index (χ3n) is 13.4. The summed E-state index contributed by atoms with van der Waals surface area (Å²) in [4.78, 5) is 22.1. The van der Waals surface area contributed by atoms with Gasteiger partial charge in [-0.15, -0.1) is 6.58 Å². The van der Waals surface area contributed by atoms with Crippen molar-refractivity contribution in [2.24, 2.45) is 22.9 Å². The van der Waals surface area contributed by atoms with Crippen LogP contribution in [0.4, 0.5) is 4.79 Å². The first-order valence-corrected chi connectivity index (χ1v) is 24.0. The Bertz CT molecular complexity index is 2450. The molecule has 5 aromatic rings. The van der Waals surface area contributed by atoms with Crippen LogP contribution in [0.15, 0.2) is 163 Å². The van der Waals surface area contributed by atoms with Crippen molar-refractivity contribution in [1.82, 2.24) is 4.90 Å². The van der Waals surface area contributed by atoms with Crippen LogP contribution in [0.2, 0.25) is 0 Å². The molecule has 3 aliphatic rings. The third kappa shape index (κ3) is 11.4. The Morgan fingerprint density at radius 3 is 2.13 bits per heavy atom. The van der Waals surface area contributed by atoms with Crippen LogP contribution in [0, 0.1) is 17.8 Å². The van der Waals surface area contributed by atoms with Gasteiger partial charge in [0.1, 0.15) is 36.5 Å². The smallest absolute Gasteiger partial charge is 0.410 e. The predicted octanol–water partition coefficient (Wildman–Crippen LogP) is 11.3. The second kappa shape index (κ2) is 23.7. The van der Waals surface area contributed by atoms with E-state index in [1.807, 2.05) is 103 Å². The summed E-state index contributed by atoms with van der Waals surface area (Å²) in [6, 6.07) is 43.3. The number of carbonyl (C=O) groups is 1. The van der Waals surface area contributed by atoms with Gasteiger partial charge in [0.05, 0.1) is 31.5 Å². The highest BCUT2D eigenvalue weighted by Crippen LogP contribution is 2.62. The van der Waals surface area contributed by atoms with E-state index in [9.17, 15) is 15.0 Å². The molecule has 8 rings (SSSR count). The normalized spacial score (nSPS) is 22.0. The first-order valence-electron chi connectivity index (χ1n) is 24.0. The highest BCUT2D eigenvalue weighted by atomic mass is 16.7. The van der Waals surface area contributed by atoms with Crippen molar-refractivity contribution >= 4 is 11.8 Å². The Balaban J connectivity index is 1.20. The van der Waals surface area contributed by atoms with Crippen LogP contribution in [0.1, 0.15) is 67.6 Å². The number of rotatable bonds is 23. The molecule has 2 N–H and O–H groups in total. The molecule has 6 unspecified atom stereocenters. The SMILES string of the molecule is C=CCOC12Oc3ccc(Oc4ccc(-c5ccccc5)cc4)cc3C3C(CCCCO)C(CCCCO)C=C(C(=NOCc4ccccc4)CC1N(C)C(=O)OCCOCc1ccccc1)C32. The third-order valence-corrected chi connectivity index (χ3v) is 13.4. The molecule has 0 aromatic heterocycles. The van der Waals surface area contributed by atoms with Crippen molar-refractivity contribution in [1.29, 1.82) is 0 Å². The Kier molecular flexibility index (Phi) is 16.8. The molecule has 0 bridgehead atoms. The zero-order valence-electron chi connectivity index (χ0n) is 39.0. The van der Waals surface area contributed by atoms with Crippen LogP contribution in [0.5, 0.6) is 17.2 Å². The lowest BCUT2D eigenvalue weighted by Gasteiger charge is -2.59. The zero-order chi connectivity index (χ0) is 47.1. The molecule has 2 aliphatic carbocycles. The van der Waals surface area contributed by atoms with Crippen LogP contribution in [-0.2, 0) is 32.3 Å². The van der Waals surface area contributed by atoms with Crippen molar-refractivity contribution in [3.8, 4) is 28.4 Å². The average molecular weight is 921 g/mol. The fourth-order valence-electron chi connectivity index (χ4n) is 10.2. The molecule has 1 amide bonds. The van der Waals surface area contributed by atoms with E-state index in [0.717, 1.165) is 59.1 Å². The van der Waals surface area contributed by atoms with Gasteiger partial charge < -0.3 is 43.6 Å². The number of amides is 1. The summed E-state index contributed by atoms with van der Waals surface area (Å²) >= 11 is 0. The van der Waals surface area contributed by atoms with Crippen LogP contribution >= 0.6 is 0 Å². The molecule has 1 aliphatic heterocycles. The second-order valence-corrected chi connectivity index (χ2v) is 17.8. The van der Waals surface area contributed by atoms with E-state index in [1.165, 1.54) is 0 Å². The van der Waals surface area contributed by atoms with Gasteiger partial charge in [-0.25, -0.2) is 4.79 Å². The standard InChI is InChI=1S/C57H64N2O9/c1-3-33-65-57-53(59(2)56(62)64-35-34-63-39-41-17-7-4-8-18-41)38-51(58-66-40-42-19-9-5-10-20-42)49-36-45(23-13-15-31-60)48(24-14-16-32-61)54(55(49)57)50-37-47(29-30-52(50)68-57)67-46-27-25-44(26-28-46)43-21-11-6-12-22-43/h3-12,17-22,25-30,36-37,45,48,53-55,60-61H,1,13-16,23-24,31-35,38-40H2,2H3. The lowest BCUT2D eigenvalue weighted by Crippen LogP contribution is -2.69. The Labute approximate surface area is 400 Å². The fraction of sp³-hybridized carbons (Fsp3) is 0.368. The molecule has 356 valence electrons. The molecule has 68 heavy (non-hydrogen) atoms. The Morgan fingerprint density at radius 1 is 0.794 bits per heavy atom. The Hall–Kier alpha value is -6.24. The van der Waals surface area contributed by atoms with Gasteiger partial charge in [-0.05, 0) is 95.7 Å². The van der Waals surface area contributed by atoms with Gasteiger partial charge in [-0.1, -0.05) is 133 Å². The molecule has 6 atom stereocenters. The number of allylic oxidation sites excluding steroid dienone is 1. The van der Waals surface area contributed by atoms with E-state index in [-0.39, 0.29) is 63.8 Å². The van der Waals surface area contributed by atoms with E-state index < -0.39 is 23.8 Å². The second-order valence-electron chi connectivity index (χ2n) is 17.8. The maximum absolute atomic E-state index is 14.3. The van der Waals surface area contributed by atoms with Gasteiger partial charge in [-0.2, -0.15) is 0 Å². The molecule has 1 fully saturated rings. The molecule has 1 saturated carbocycles. The van der Waals surface area contributed by atoms with Crippen LogP contribution in [0.3, 0.4) is 0 Å². The largest absolute Gasteiger partial charge is 0.459 e. The predicted molar refractivity (Wildman–Crippen MR) is 263 cm³/mol. The number of hydrogen-bond donors (Lipinski definition) is 2. The lowest BCUT2D eigenvalue weighted by molar-refractivity contribution is -0.253. The monoisotopic (exact) mass is 920 g/mol. The maximum atomic E-state index is 14.3. The Morgan fingerprint density at radius 2 is 1.44 bits per heavy atom. The van der Waals surface area contributed by atoms with Gasteiger partial charge >= 0.3 is 6.09 Å². The maximum Gasteiger partial charge on any atom is 0.410 e. The van der Waals surface area contributed by atoms with Crippen molar-refractivity contribution in [3.05, 3.63) is 174 Å².